The smallest absolute Gasteiger partial charge is 0.325 e. The van der Waals surface area contributed by atoms with E-state index in [1.165, 1.54) is 16.4 Å². The molecule has 3 aromatic rings. The van der Waals surface area contributed by atoms with Crippen LogP contribution in [0.3, 0.4) is 0 Å². The van der Waals surface area contributed by atoms with Gasteiger partial charge in [0, 0.05) is 23.0 Å². The van der Waals surface area contributed by atoms with Gasteiger partial charge in [-0.25, -0.2) is 4.90 Å². The van der Waals surface area contributed by atoms with Gasteiger partial charge in [-0.15, -0.1) is 0 Å². The molecule has 0 fully saturated rings. The summed E-state index contributed by atoms with van der Waals surface area (Å²) in [6.45, 7) is 5.40. The molecule has 1 amide bonds. The Hall–Kier alpha value is -2.69. The molecule has 0 aliphatic carbocycles. The number of para-hydroxylation sites is 1. The van der Waals surface area contributed by atoms with Crippen LogP contribution in [0.15, 0.2) is 50.8 Å². The normalized spacial score (nSPS) is 14.3. The summed E-state index contributed by atoms with van der Waals surface area (Å²) in [7, 11) is 0. The van der Waals surface area contributed by atoms with E-state index >= 15 is 0 Å². The molecule has 1 aliphatic heterocycles. The number of rotatable bonds is 6. The summed E-state index contributed by atoms with van der Waals surface area (Å²) in [4.78, 5) is 43.5. The number of nitrogens with zero attached hydrogens (tertiary/aromatic N) is 3. The number of H-pyrrole nitrogens is 1. The number of nitrogens with one attached hydrogen (secondary N) is 1. The van der Waals surface area contributed by atoms with Crippen molar-refractivity contribution in [1.29, 1.82) is 0 Å². The van der Waals surface area contributed by atoms with Gasteiger partial charge >= 0.3 is 17.2 Å². The van der Waals surface area contributed by atoms with E-state index in [1.54, 1.807) is 55.1 Å². The van der Waals surface area contributed by atoms with Gasteiger partial charge in [0.25, 0.3) is 6.17 Å². The predicted molar refractivity (Wildman–Crippen MR) is 138 cm³/mol. The molecule has 1 N–H and O–H groups in total. The second-order valence-electron chi connectivity index (χ2n) is 7.63. The van der Waals surface area contributed by atoms with Crippen LogP contribution in [0, 0.1) is 0 Å². The Morgan fingerprint density at radius 3 is 2.66 bits per heavy atom. The molecule has 0 saturated carbocycles. The van der Waals surface area contributed by atoms with Crippen LogP contribution in [-0.2, 0) is 9.59 Å². The lowest BCUT2D eigenvalue weighted by molar-refractivity contribution is -0.763. The van der Waals surface area contributed by atoms with Crippen LogP contribution < -0.4 is 19.9 Å². The molecule has 35 heavy (non-hydrogen) atoms. The monoisotopic (exact) mass is 577 g/mol. The van der Waals surface area contributed by atoms with Gasteiger partial charge < -0.3 is 4.74 Å². The third-order valence-corrected chi connectivity index (χ3v) is 6.98. The van der Waals surface area contributed by atoms with Gasteiger partial charge in [0.2, 0.25) is 11.1 Å². The maximum atomic E-state index is 13.4. The first-order valence-corrected chi connectivity index (χ1v) is 13.3. The minimum absolute atomic E-state index is 0.151. The van der Waals surface area contributed by atoms with Crippen molar-refractivity contribution in [3.63, 3.8) is 0 Å². The fourth-order valence-corrected chi connectivity index (χ4v) is 5.46. The van der Waals surface area contributed by atoms with Gasteiger partial charge in [-0.05, 0) is 50.6 Å². The molecule has 11 heteroatoms. The summed E-state index contributed by atoms with van der Waals surface area (Å²) in [5.74, 6) is 0.245. The van der Waals surface area contributed by atoms with Crippen molar-refractivity contribution in [2.75, 3.05) is 10.7 Å². The first kappa shape index (κ1) is 25.4. The first-order chi connectivity index (χ1) is 16.8. The van der Waals surface area contributed by atoms with E-state index in [4.69, 9.17) is 21.4 Å². The number of carbonyl (C=O) groups is 2. The highest BCUT2D eigenvalue weighted by molar-refractivity contribution is 9.10. The maximum Gasteiger partial charge on any atom is 0.325 e. The van der Waals surface area contributed by atoms with Crippen LogP contribution in [0.4, 0.5) is 5.69 Å². The Morgan fingerprint density at radius 2 is 1.97 bits per heavy atom. The lowest BCUT2D eigenvalue weighted by atomic mass is 10.0. The van der Waals surface area contributed by atoms with E-state index in [9.17, 15) is 14.4 Å². The van der Waals surface area contributed by atoms with Crippen molar-refractivity contribution in [1.82, 2.24) is 10.1 Å². The van der Waals surface area contributed by atoms with Crippen molar-refractivity contribution in [3.8, 4) is 17.0 Å². The largest absolute Gasteiger partial charge is 0.425 e. The van der Waals surface area contributed by atoms with Crippen LogP contribution in [0.2, 0.25) is 5.02 Å². The number of hydrogen-bond donors (Lipinski definition) is 1. The number of anilines is 1. The fourth-order valence-electron chi connectivity index (χ4n) is 3.96. The highest BCUT2D eigenvalue weighted by atomic mass is 79.9. The molecule has 2 heterocycles. The number of aromatic amines is 1. The first-order valence-electron chi connectivity index (χ1n) is 11.1. The summed E-state index contributed by atoms with van der Waals surface area (Å²) >= 11 is 11.3. The molecular formula is C24H23BrClN4O4S+. The number of fused-ring (bicyclic) bond motifs is 3. The van der Waals surface area contributed by atoms with Crippen molar-refractivity contribution < 1.29 is 19.0 Å². The molecule has 4 rings (SSSR count). The van der Waals surface area contributed by atoms with E-state index in [2.05, 4.69) is 20.9 Å². The number of carbonyl (C=O) groups excluding carboxylic acids is 2. The fraction of sp³-hybridized carbons (Fsp3) is 0.292. The van der Waals surface area contributed by atoms with Crippen LogP contribution in [0.1, 0.15) is 45.3 Å². The van der Waals surface area contributed by atoms with Crippen molar-refractivity contribution in [3.05, 3.63) is 61.8 Å². The molecule has 8 nitrogen and oxygen atoms in total. The molecule has 1 atom stereocenters. The van der Waals surface area contributed by atoms with Gasteiger partial charge in [0.05, 0.1) is 21.3 Å². The zero-order chi connectivity index (χ0) is 25.3. The zero-order valence-electron chi connectivity index (χ0n) is 19.3. The third-order valence-electron chi connectivity index (χ3n) is 5.43. The second-order valence-corrected chi connectivity index (χ2v) is 10.2. The van der Waals surface area contributed by atoms with Crippen molar-refractivity contribution >= 4 is 56.9 Å². The summed E-state index contributed by atoms with van der Waals surface area (Å²) in [6.07, 6.45) is -0.578. The molecule has 182 valence electrons. The number of hydrogen-bond acceptors (Lipinski definition) is 6. The molecular weight excluding hydrogens is 556 g/mol. The molecule has 0 bridgehead atoms. The van der Waals surface area contributed by atoms with Gasteiger partial charge in [0.1, 0.15) is 0 Å². The third kappa shape index (κ3) is 4.74. The lowest BCUT2D eigenvalue weighted by Gasteiger charge is -2.32. The molecule has 1 unspecified atom stereocenters. The van der Waals surface area contributed by atoms with Crippen molar-refractivity contribution in [2.45, 2.75) is 44.9 Å². The molecule has 0 saturated heterocycles. The number of halogens is 2. The maximum absolute atomic E-state index is 13.4. The van der Waals surface area contributed by atoms with Crippen LogP contribution >= 0.6 is 39.3 Å². The highest BCUT2D eigenvalue weighted by Crippen LogP contribution is 2.43. The Morgan fingerprint density at radius 1 is 1.23 bits per heavy atom. The number of benzene rings is 2. The summed E-state index contributed by atoms with van der Waals surface area (Å²) in [5.41, 5.74) is 1.48. The topological polar surface area (TPSA) is 96.2 Å². The molecule has 0 spiro atoms. The predicted octanol–water partition coefficient (Wildman–Crippen LogP) is 4.87. The SMILES string of the molecule is CCSc1n[n+]2c(c(=O)[nH]1)-c1ccccc1N(C(=O)CC)C2c1cc(Cl)cc(Br)c1OC(=O)CC. The Kier molecular flexibility index (Phi) is 7.63. The zero-order valence-corrected chi connectivity index (χ0v) is 22.5. The average Bonchev–Trinajstić information content (AvgIpc) is 2.84. The summed E-state index contributed by atoms with van der Waals surface area (Å²) < 4.78 is 7.66. The molecule has 0 radical (unpaired) electrons. The van der Waals surface area contributed by atoms with Gasteiger partial charge in [0.15, 0.2) is 5.75 Å². The Balaban J connectivity index is 2.11. The van der Waals surface area contributed by atoms with Crippen LogP contribution in [0.5, 0.6) is 5.75 Å². The van der Waals surface area contributed by atoms with E-state index < -0.39 is 12.1 Å². The van der Waals surface area contributed by atoms with Gasteiger partial charge in [-0.1, -0.05) is 56.3 Å². The average molecular weight is 579 g/mol. The van der Waals surface area contributed by atoms with Crippen LogP contribution in [-0.4, -0.2) is 27.7 Å². The van der Waals surface area contributed by atoms with Crippen LogP contribution in [0.25, 0.3) is 11.3 Å². The minimum Gasteiger partial charge on any atom is -0.425 e. The van der Waals surface area contributed by atoms with E-state index in [1.807, 2.05) is 6.92 Å². The van der Waals surface area contributed by atoms with Gasteiger partial charge in [-0.3, -0.25) is 19.4 Å². The van der Waals surface area contributed by atoms with E-state index in [0.717, 1.165) is 0 Å². The van der Waals surface area contributed by atoms with Gasteiger partial charge in [-0.2, -0.15) is 0 Å². The minimum atomic E-state index is -0.930. The molecule has 1 aromatic heterocycles. The Bertz CT molecular complexity index is 1380. The Labute approximate surface area is 219 Å². The molecule has 1 aliphatic rings. The van der Waals surface area contributed by atoms with E-state index in [0.29, 0.717) is 37.2 Å². The van der Waals surface area contributed by atoms with E-state index in [-0.39, 0.29) is 35.8 Å². The summed E-state index contributed by atoms with van der Waals surface area (Å²) in [5, 5.41) is 5.49. The molecule has 2 aromatic carbocycles. The number of thioether (sulfide) groups is 1. The standard InChI is InChI=1S/C24H22BrClN4O4S/c1-4-18(31)29-17-10-8-7-9-14(17)20-22(33)27-24(35-6-3)28-30(20)23(29)15-11-13(26)12-16(25)21(15)34-19(32)5-2/h7-12,23H,4-6H2,1-3H3/p+1. The quantitative estimate of drug-likeness (QED) is 0.194. The lowest BCUT2D eigenvalue weighted by Crippen LogP contribution is -2.61. The number of aromatic nitrogens is 3. The highest BCUT2D eigenvalue weighted by Gasteiger charge is 2.47. The second kappa shape index (κ2) is 10.5. The summed E-state index contributed by atoms with van der Waals surface area (Å²) in [6, 6.07) is 10.4. The number of amides is 1. The number of esters is 1. The van der Waals surface area contributed by atoms with Crippen molar-refractivity contribution in [2.24, 2.45) is 0 Å². The number of ether oxygens (including phenoxy) is 1.